The molecule has 0 spiro atoms. The molecule has 1 rings (SSSR count). The summed E-state index contributed by atoms with van der Waals surface area (Å²) in [5.41, 5.74) is -0.490. The molecular weight excluding hydrogens is 212 g/mol. The molecule has 0 atom stereocenters. The van der Waals surface area contributed by atoms with Gasteiger partial charge in [0.25, 0.3) is 5.56 Å². The van der Waals surface area contributed by atoms with Crippen LogP contribution in [0.15, 0.2) is 15.8 Å². The smallest absolute Gasteiger partial charge is 0.328 e. The molecule has 6 heteroatoms. The Morgan fingerprint density at radius 1 is 1.31 bits per heavy atom. The van der Waals surface area contributed by atoms with Gasteiger partial charge < -0.3 is 10.2 Å². The van der Waals surface area contributed by atoms with Gasteiger partial charge in [-0.1, -0.05) is 0 Å². The Bertz CT molecular complexity index is 443. The van der Waals surface area contributed by atoms with Crippen LogP contribution < -0.4 is 11.2 Å². The molecule has 0 radical (unpaired) electrons. The Kier molecular flexibility index (Phi) is 4.45. The maximum atomic E-state index is 11.5. The Morgan fingerprint density at radius 2 is 1.88 bits per heavy atom. The third-order valence-corrected chi connectivity index (χ3v) is 2.46. The number of H-pyrrole nitrogens is 1. The quantitative estimate of drug-likeness (QED) is 0.611. The van der Waals surface area contributed by atoms with Crippen LogP contribution >= 0.6 is 0 Å². The minimum atomic E-state index is -0.512. The number of hydrogen-bond donors (Lipinski definition) is 3. The topological polar surface area (TPSA) is 95.3 Å². The highest BCUT2D eigenvalue weighted by atomic mass is 16.3. The van der Waals surface area contributed by atoms with Crippen molar-refractivity contribution < 1.29 is 10.2 Å². The van der Waals surface area contributed by atoms with Crippen molar-refractivity contribution in [3.63, 3.8) is 0 Å². The normalized spacial score (nSPS) is 11.0. The van der Waals surface area contributed by atoms with Crippen molar-refractivity contribution in [3.05, 3.63) is 32.6 Å². The lowest BCUT2D eigenvalue weighted by Crippen LogP contribution is -2.34. The molecule has 0 amide bonds. The number of nitrogens with one attached hydrogen (secondary N) is 1. The van der Waals surface area contributed by atoms with E-state index in [2.05, 4.69) is 4.98 Å². The second-order valence-corrected chi connectivity index (χ2v) is 3.66. The summed E-state index contributed by atoms with van der Waals surface area (Å²) in [4.78, 5) is 24.9. The molecule has 0 aliphatic rings. The van der Waals surface area contributed by atoms with Gasteiger partial charge in [0, 0.05) is 31.0 Å². The van der Waals surface area contributed by atoms with Crippen molar-refractivity contribution in [1.29, 1.82) is 0 Å². The van der Waals surface area contributed by atoms with Crippen molar-refractivity contribution >= 4 is 0 Å². The summed E-state index contributed by atoms with van der Waals surface area (Å²) in [6, 6.07) is -0.293. The van der Waals surface area contributed by atoms with E-state index in [4.69, 9.17) is 10.2 Å². The zero-order valence-electron chi connectivity index (χ0n) is 9.14. The lowest BCUT2D eigenvalue weighted by molar-refractivity contribution is 0.214. The third-order valence-electron chi connectivity index (χ3n) is 2.46. The first-order valence-electron chi connectivity index (χ1n) is 5.14. The van der Waals surface area contributed by atoms with Crippen LogP contribution in [-0.4, -0.2) is 33.0 Å². The third kappa shape index (κ3) is 2.80. The summed E-state index contributed by atoms with van der Waals surface area (Å²) >= 11 is 0. The fraction of sp³-hybridized carbons (Fsp3) is 0.600. The first-order valence-corrected chi connectivity index (χ1v) is 5.14. The minimum absolute atomic E-state index is 0.0741. The largest absolute Gasteiger partial charge is 0.396 e. The molecule has 0 aliphatic heterocycles. The van der Waals surface area contributed by atoms with Gasteiger partial charge in [0.05, 0.1) is 0 Å². The summed E-state index contributed by atoms with van der Waals surface area (Å²) in [6.07, 6.45) is 2.19. The zero-order valence-corrected chi connectivity index (χ0v) is 9.14. The van der Waals surface area contributed by atoms with Gasteiger partial charge >= 0.3 is 5.69 Å². The summed E-state index contributed by atoms with van der Waals surface area (Å²) in [5, 5.41) is 17.7. The molecule has 0 fully saturated rings. The molecule has 16 heavy (non-hydrogen) atoms. The molecule has 1 aromatic heterocycles. The standard InChI is InChI=1S/C10H16N2O4/c1-7-6-12(10(16)11-9(7)15)8(2-4-13)3-5-14/h6,8,13-14H,2-5H2,1H3,(H,11,15,16). The minimum Gasteiger partial charge on any atom is -0.396 e. The van der Waals surface area contributed by atoms with Crippen molar-refractivity contribution in [2.75, 3.05) is 13.2 Å². The molecule has 0 saturated heterocycles. The molecule has 0 unspecified atom stereocenters. The molecule has 6 nitrogen and oxygen atoms in total. The molecule has 1 heterocycles. The highest BCUT2D eigenvalue weighted by Crippen LogP contribution is 2.12. The van der Waals surface area contributed by atoms with Gasteiger partial charge in [-0.2, -0.15) is 0 Å². The fourth-order valence-corrected chi connectivity index (χ4v) is 1.58. The predicted octanol–water partition coefficient (Wildman–Crippen LogP) is -0.849. The molecule has 0 aliphatic carbocycles. The molecule has 1 aromatic rings. The lowest BCUT2D eigenvalue weighted by Gasteiger charge is -2.17. The van der Waals surface area contributed by atoms with Gasteiger partial charge in [-0.25, -0.2) is 4.79 Å². The van der Waals surface area contributed by atoms with Crippen LogP contribution in [-0.2, 0) is 0 Å². The second-order valence-electron chi connectivity index (χ2n) is 3.66. The van der Waals surface area contributed by atoms with Crippen molar-refractivity contribution in [2.45, 2.75) is 25.8 Å². The van der Waals surface area contributed by atoms with Crippen LogP contribution in [0.4, 0.5) is 0 Å². The number of aromatic amines is 1. The van der Waals surface area contributed by atoms with E-state index in [1.165, 1.54) is 10.8 Å². The number of aliphatic hydroxyl groups is 2. The summed E-state index contributed by atoms with van der Waals surface area (Å²) in [6.45, 7) is 1.45. The van der Waals surface area contributed by atoms with E-state index in [-0.39, 0.29) is 19.3 Å². The number of nitrogens with zero attached hydrogens (tertiary/aromatic N) is 1. The predicted molar refractivity (Wildman–Crippen MR) is 58.5 cm³/mol. The number of aliphatic hydroxyl groups excluding tert-OH is 2. The molecule has 90 valence electrons. The van der Waals surface area contributed by atoms with Gasteiger partial charge in [-0.15, -0.1) is 0 Å². The average molecular weight is 228 g/mol. The fourth-order valence-electron chi connectivity index (χ4n) is 1.58. The Morgan fingerprint density at radius 3 is 2.38 bits per heavy atom. The molecule has 0 aromatic carbocycles. The lowest BCUT2D eigenvalue weighted by atomic mass is 10.1. The van der Waals surface area contributed by atoms with Gasteiger partial charge in [-0.05, 0) is 19.8 Å². The van der Waals surface area contributed by atoms with E-state index < -0.39 is 11.2 Å². The SMILES string of the molecule is Cc1cn(C(CCO)CCO)c(=O)[nH]c1=O. The van der Waals surface area contributed by atoms with E-state index in [9.17, 15) is 9.59 Å². The van der Waals surface area contributed by atoms with E-state index in [1.54, 1.807) is 6.92 Å². The van der Waals surface area contributed by atoms with Crippen LogP contribution in [0, 0.1) is 6.92 Å². The highest BCUT2D eigenvalue weighted by Gasteiger charge is 2.12. The highest BCUT2D eigenvalue weighted by molar-refractivity contribution is 5.01. The van der Waals surface area contributed by atoms with E-state index in [0.717, 1.165) is 0 Å². The average Bonchev–Trinajstić information content (AvgIpc) is 2.23. The van der Waals surface area contributed by atoms with Crippen LogP contribution in [0.3, 0.4) is 0 Å². The molecule has 0 bridgehead atoms. The van der Waals surface area contributed by atoms with Gasteiger partial charge in [0.15, 0.2) is 0 Å². The van der Waals surface area contributed by atoms with E-state index >= 15 is 0 Å². The summed E-state index contributed by atoms with van der Waals surface area (Å²) < 4.78 is 1.35. The van der Waals surface area contributed by atoms with Crippen LogP contribution in [0.1, 0.15) is 24.4 Å². The molecular formula is C10H16N2O4. The maximum absolute atomic E-state index is 11.5. The van der Waals surface area contributed by atoms with Crippen LogP contribution in [0.2, 0.25) is 0 Å². The molecule has 0 saturated carbocycles. The van der Waals surface area contributed by atoms with Gasteiger partial charge in [0.2, 0.25) is 0 Å². The molecule has 3 N–H and O–H groups in total. The van der Waals surface area contributed by atoms with Crippen molar-refractivity contribution in [3.8, 4) is 0 Å². The van der Waals surface area contributed by atoms with E-state index in [0.29, 0.717) is 18.4 Å². The first kappa shape index (κ1) is 12.7. The zero-order chi connectivity index (χ0) is 12.1. The number of aromatic nitrogens is 2. The Labute approximate surface area is 92.2 Å². The maximum Gasteiger partial charge on any atom is 0.328 e. The summed E-state index contributed by atoms with van der Waals surface area (Å²) in [7, 11) is 0. The Balaban J connectivity index is 3.13. The van der Waals surface area contributed by atoms with Crippen molar-refractivity contribution in [1.82, 2.24) is 9.55 Å². The Hall–Kier alpha value is -1.40. The summed E-state index contributed by atoms with van der Waals surface area (Å²) in [5.74, 6) is 0. The van der Waals surface area contributed by atoms with Crippen LogP contribution in [0.5, 0.6) is 0 Å². The second kappa shape index (κ2) is 5.62. The first-order chi connectivity index (χ1) is 7.60. The van der Waals surface area contributed by atoms with Gasteiger partial charge in [-0.3, -0.25) is 14.3 Å². The van der Waals surface area contributed by atoms with Crippen molar-refractivity contribution in [2.24, 2.45) is 0 Å². The number of hydrogen-bond acceptors (Lipinski definition) is 4. The van der Waals surface area contributed by atoms with Crippen LogP contribution in [0.25, 0.3) is 0 Å². The number of aryl methyl sites for hydroxylation is 1. The monoisotopic (exact) mass is 228 g/mol. The van der Waals surface area contributed by atoms with E-state index in [1.807, 2.05) is 0 Å². The van der Waals surface area contributed by atoms with Gasteiger partial charge in [0.1, 0.15) is 0 Å². The number of rotatable bonds is 5.